The minimum absolute atomic E-state index is 0.0482. The van der Waals surface area contributed by atoms with Crippen LogP contribution < -0.4 is 20.7 Å². The summed E-state index contributed by atoms with van der Waals surface area (Å²) in [7, 11) is 2.97. The summed E-state index contributed by atoms with van der Waals surface area (Å²) in [5, 5.41) is 8.43. The number of pyridine rings is 1. The Kier molecular flexibility index (Phi) is 8.53. The molecule has 4 rings (SSSR count). The lowest BCUT2D eigenvalue weighted by Gasteiger charge is -2.27. The van der Waals surface area contributed by atoms with Gasteiger partial charge in [0, 0.05) is 37.2 Å². The normalized spacial score (nSPS) is 17.4. The quantitative estimate of drug-likeness (QED) is 0.229. The fraction of sp³-hybridized carbons (Fsp3) is 0.360. The van der Waals surface area contributed by atoms with Crippen molar-refractivity contribution in [3.8, 4) is 17.6 Å². The zero-order valence-corrected chi connectivity index (χ0v) is 21.3. The van der Waals surface area contributed by atoms with Crippen molar-refractivity contribution in [2.45, 2.75) is 29.2 Å². The highest BCUT2D eigenvalue weighted by Crippen LogP contribution is 2.39. The summed E-state index contributed by atoms with van der Waals surface area (Å²) in [6.07, 6.45) is 0.621. The Morgan fingerprint density at radius 1 is 1.32 bits per heavy atom. The van der Waals surface area contributed by atoms with Crippen molar-refractivity contribution in [2.75, 3.05) is 44.5 Å². The molecule has 0 unspecified atom stereocenters. The number of imidazole rings is 1. The number of hydrogen-bond donors (Lipinski definition) is 3. The van der Waals surface area contributed by atoms with Crippen LogP contribution in [-0.2, 0) is 4.74 Å². The van der Waals surface area contributed by atoms with Crippen molar-refractivity contribution < 1.29 is 31.8 Å². The zero-order chi connectivity index (χ0) is 27.3. The van der Waals surface area contributed by atoms with Crippen molar-refractivity contribution in [3.05, 3.63) is 47.8 Å². The molecule has 3 heterocycles. The summed E-state index contributed by atoms with van der Waals surface area (Å²) >= 11 is -0.316. The van der Waals surface area contributed by atoms with E-state index in [9.17, 15) is 22.4 Å². The fourth-order valence-corrected chi connectivity index (χ4v) is 4.56. The lowest BCUT2D eigenvalue weighted by molar-refractivity contribution is -0.0330. The predicted molar refractivity (Wildman–Crippen MR) is 137 cm³/mol. The molecule has 8 nitrogen and oxygen atoms in total. The molecule has 1 aliphatic rings. The predicted octanol–water partition coefficient (Wildman–Crippen LogP) is 4.32. The Morgan fingerprint density at radius 3 is 2.84 bits per heavy atom. The Hall–Kier alpha value is -3.63. The summed E-state index contributed by atoms with van der Waals surface area (Å²) < 4.78 is 66.2. The molecular weight excluding hydrogens is 526 g/mol. The van der Waals surface area contributed by atoms with Gasteiger partial charge in [0.05, 0.1) is 37.7 Å². The summed E-state index contributed by atoms with van der Waals surface area (Å²) in [5.74, 6) is 5.65. The van der Waals surface area contributed by atoms with E-state index in [0.717, 1.165) is 0 Å². The number of alkyl halides is 4. The summed E-state index contributed by atoms with van der Waals surface area (Å²) in [4.78, 5) is 16.2. The number of amides is 1. The molecule has 1 amide bonds. The van der Waals surface area contributed by atoms with Gasteiger partial charge in [0.15, 0.2) is 5.65 Å². The van der Waals surface area contributed by atoms with E-state index in [1.807, 2.05) is 0 Å². The largest absolute Gasteiger partial charge is 0.495 e. The number of halogens is 4. The third-order valence-corrected chi connectivity index (χ3v) is 6.53. The van der Waals surface area contributed by atoms with Gasteiger partial charge in [-0.1, -0.05) is 5.92 Å². The van der Waals surface area contributed by atoms with Gasteiger partial charge in [-0.25, -0.2) is 9.37 Å². The zero-order valence-electron chi connectivity index (χ0n) is 20.5. The van der Waals surface area contributed by atoms with Crippen LogP contribution in [0.3, 0.4) is 0 Å². The molecule has 0 spiro atoms. The number of anilines is 2. The van der Waals surface area contributed by atoms with Crippen molar-refractivity contribution >= 4 is 34.7 Å². The van der Waals surface area contributed by atoms with Gasteiger partial charge in [-0.3, -0.25) is 9.20 Å². The van der Waals surface area contributed by atoms with E-state index in [1.165, 1.54) is 24.8 Å². The van der Waals surface area contributed by atoms with Crippen molar-refractivity contribution in [1.82, 2.24) is 14.7 Å². The molecular formula is C25H25F4N5O3S. The molecule has 0 aliphatic carbocycles. The van der Waals surface area contributed by atoms with Gasteiger partial charge in [0.2, 0.25) is 0 Å². The van der Waals surface area contributed by atoms with Gasteiger partial charge in [0.25, 0.3) is 5.91 Å². The summed E-state index contributed by atoms with van der Waals surface area (Å²) in [6.45, 7) is 0.400. The maximum Gasteiger partial charge on any atom is 0.447 e. The first-order valence-electron chi connectivity index (χ1n) is 11.6. The molecule has 1 aromatic carbocycles. The second-order valence-corrected chi connectivity index (χ2v) is 9.26. The standard InChI is InChI=1S/C25H25F4N5O3S/c1-30-23(35)15-7-8-18(21(13-15)36-2)31-10-3-5-20-24(38-25(27,28)29)34-11-4-6-19(22(34)33-20)32-17-9-12-37-14-16(17)26/h4,6-8,11,13,16-17,31-32H,9-10,12,14H2,1-2H3,(H,30,35)/t16-,17+/m0/s1. The van der Waals surface area contributed by atoms with E-state index in [0.29, 0.717) is 35.7 Å². The third-order valence-electron chi connectivity index (χ3n) is 5.71. The number of ether oxygens (including phenoxy) is 2. The number of rotatable bonds is 7. The average Bonchev–Trinajstić information content (AvgIpc) is 3.24. The van der Waals surface area contributed by atoms with Crippen LogP contribution in [0.2, 0.25) is 0 Å². The molecule has 2 atom stereocenters. The first-order valence-corrected chi connectivity index (χ1v) is 12.4. The monoisotopic (exact) mass is 551 g/mol. The Morgan fingerprint density at radius 2 is 2.13 bits per heavy atom. The number of carbonyl (C=O) groups is 1. The van der Waals surface area contributed by atoms with Gasteiger partial charge in [-0.2, -0.15) is 13.2 Å². The number of benzene rings is 1. The first kappa shape index (κ1) is 27.4. The lowest BCUT2D eigenvalue weighted by atomic mass is 10.1. The number of nitrogens with zero attached hydrogens (tertiary/aromatic N) is 2. The SMILES string of the molecule is CNC(=O)c1ccc(NCC#Cc2nc3c(N[C@@H]4CCOC[C@@H]4F)cccn3c2SC(F)(F)F)c(OC)c1. The van der Waals surface area contributed by atoms with Crippen LogP contribution >= 0.6 is 11.8 Å². The number of hydrogen-bond acceptors (Lipinski definition) is 7. The van der Waals surface area contributed by atoms with Gasteiger partial charge in [-0.05, 0) is 42.7 Å². The molecule has 2 aromatic heterocycles. The molecule has 38 heavy (non-hydrogen) atoms. The van der Waals surface area contributed by atoms with Crippen molar-refractivity contribution in [1.29, 1.82) is 0 Å². The van der Waals surface area contributed by atoms with Crippen LogP contribution in [0.4, 0.5) is 28.9 Å². The number of nitrogens with one attached hydrogen (secondary N) is 3. The Bertz CT molecular complexity index is 1370. The highest BCUT2D eigenvalue weighted by molar-refractivity contribution is 8.00. The number of carbonyl (C=O) groups excluding carboxylic acids is 1. The Balaban J connectivity index is 1.60. The van der Waals surface area contributed by atoms with E-state index >= 15 is 0 Å². The van der Waals surface area contributed by atoms with Crippen LogP contribution in [0, 0.1) is 11.8 Å². The van der Waals surface area contributed by atoms with Crippen LogP contribution in [0.15, 0.2) is 41.6 Å². The molecule has 0 radical (unpaired) electrons. The molecule has 13 heteroatoms. The number of fused-ring (bicyclic) bond motifs is 1. The maximum absolute atomic E-state index is 14.3. The highest BCUT2D eigenvalue weighted by Gasteiger charge is 2.33. The smallest absolute Gasteiger partial charge is 0.447 e. The second-order valence-electron chi connectivity index (χ2n) is 8.21. The topological polar surface area (TPSA) is 88.9 Å². The van der Waals surface area contributed by atoms with Gasteiger partial charge < -0.3 is 25.4 Å². The van der Waals surface area contributed by atoms with Crippen LogP contribution in [0.25, 0.3) is 5.65 Å². The minimum atomic E-state index is -4.57. The minimum Gasteiger partial charge on any atom is -0.495 e. The number of methoxy groups -OCH3 is 1. The van der Waals surface area contributed by atoms with Crippen LogP contribution in [0.1, 0.15) is 22.5 Å². The van der Waals surface area contributed by atoms with E-state index in [-0.39, 0.29) is 47.2 Å². The lowest BCUT2D eigenvalue weighted by Crippen LogP contribution is -2.39. The van der Waals surface area contributed by atoms with Crippen LogP contribution in [0.5, 0.6) is 5.75 Å². The first-order chi connectivity index (χ1) is 18.2. The van der Waals surface area contributed by atoms with Crippen LogP contribution in [-0.4, -0.2) is 66.9 Å². The highest BCUT2D eigenvalue weighted by atomic mass is 32.2. The maximum atomic E-state index is 14.3. The third kappa shape index (κ3) is 6.43. The van der Waals surface area contributed by atoms with Gasteiger partial charge in [0.1, 0.15) is 22.6 Å². The molecule has 0 saturated carbocycles. The fourth-order valence-electron chi connectivity index (χ4n) is 3.90. The van der Waals surface area contributed by atoms with Gasteiger partial charge >= 0.3 is 5.51 Å². The molecule has 3 aromatic rings. The van der Waals surface area contributed by atoms with E-state index in [1.54, 1.807) is 30.3 Å². The van der Waals surface area contributed by atoms with E-state index in [2.05, 4.69) is 32.8 Å². The molecule has 1 saturated heterocycles. The number of aromatic nitrogens is 2. The summed E-state index contributed by atoms with van der Waals surface area (Å²) in [5.41, 5.74) is -3.06. The van der Waals surface area contributed by atoms with E-state index < -0.39 is 17.7 Å². The molecule has 202 valence electrons. The number of thioether (sulfide) groups is 1. The molecule has 1 fully saturated rings. The van der Waals surface area contributed by atoms with E-state index in [4.69, 9.17) is 9.47 Å². The molecule has 1 aliphatic heterocycles. The van der Waals surface area contributed by atoms with Gasteiger partial charge in [-0.15, -0.1) is 0 Å². The molecule has 0 bridgehead atoms. The van der Waals surface area contributed by atoms with Crippen molar-refractivity contribution in [2.24, 2.45) is 0 Å². The average molecular weight is 552 g/mol. The van der Waals surface area contributed by atoms with Crippen molar-refractivity contribution in [3.63, 3.8) is 0 Å². The Labute approximate surface area is 220 Å². The molecule has 3 N–H and O–H groups in total. The second kappa shape index (κ2) is 11.8. The summed E-state index contributed by atoms with van der Waals surface area (Å²) in [6, 6.07) is 7.47.